The predicted molar refractivity (Wildman–Crippen MR) is 88.7 cm³/mol. The van der Waals surface area contributed by atoms with Crippen LogP contribution in [-0.2, 0) is 9.59 Å². The van der Waals surface area contributed by atoms with E-state index in [2.05, 4.69) is 10.3 Å². The van der Waals surface area contributed by atoms with Crippen molar-refractivity contribution in [2.45, 2.75) is 11.3 Å². The number of nitrogens with one attached hydrogen (secondary N) is 1. The summed E-state index contributed by atoms with van der Waals surface area (Å²) in [4.78, 5) is 28.4. The molecule has 0 fully saturated rings. The van der Waals surface area contributed by atoms with E-state index in [1.807, 2.05) is 0 Å². The molecule has 1 heterocycles. The normalized spacial score (nSPS) is 11.3. The van der Waals surface area contributed by atoms with Crippen LogP contribution in [0.5, 0.6) is 0 Å². The highest BCUT2D eigenvalue weighted by Gasteiger charge is 2.26. The molecule has 5 nitrogen and oxygen atoms in total. The van der Waals surface area contributed by atoms with Gasteiger partial charge in [-0.3, -0.25) is 9.59 Å². The lowest BCUT2D eigenvalue weighted by molar-refractivity contribution is -0.128. The number of rotatable bonds is 7. The van der Waals surface area contributed by atoms with Crippen LogP contribution in [0.1, 0.15) is 6.42 Å². The molecule has 0 bridgehead atoms. The summed E-state index contributed by atoms with van der Waals surface area (Å²) in [5.41, 5.74) is 0. The van der Waals surface area contributed by atoms with Gasteiger partial charge < -0.3 is 5.32 Å². The molecule has 0 aliphatic heterocycles. The lowest BCUT2D eigenvalue weighted by Crippen LogP contribution is -2.29. The molecule has 0 spiro atoms. The fraction of sp³-hybridized carbons (Fsp3) is 0.176. The zero-order valence-corrected chi connectivity index (χ0v) is 13.4. The van der Waals surface area contributed by atoms with E-state index in [-0.39, 0.29) is 23.8 Å². The Kier molecular flexibility index (Phi) is 6.46. The molecule has 1 N–H and O–H groups in total. The number of aromatic nitrogens is 1. The lowest BCUT2D eigenvalue weighted by atomic mass is 10.0. The smallest absolute Gasteiger partial charge is 0.250 e. The largest absolute Gasteiger partial charge is 0.309 e. The molecule has 0 saturated heterocycles. The molecule has 2 aromatic rings. The first-order valence-corrected chi connectivity index (χ1v) is 8.12. The van der Waals surface area contributed by atoms with E-state index in [1.54, 1.807) is 42.5 Å². The average molecular weight is 343 g/mol. The molecule has 0 aliphatic carbocycles. The summed E-state index contributed by atoms with van der Waals surface area (Å²) >= 11 is 1.17. The summed E-state index contributed by atoms with van der Waals surface area (Å²) in [7, 11) is 0. The first kappa shape index (κ1) is 17.6. The number of halogens is 1. The molecule has 0 saturated carbocycles. The topological polar surface area (TPSA) is 82.8 Å². The van der Waals surface area contributed by atoms with Gasteiger partial charge in [-0.05, 0) is 24.3 Å². The van der Waals surface area contributed by atoms with E-state index in [0.29, 0.717) is 4.90 Å². The van der Waals surface area contributed by atoms with Gasteiger partial charge >= 0.3 is 0 Å². The van der Waals surface area contributed by atoms with Crippen molar-refractivity contribution in [3.63, 3.8) is 0 Å². The minimum absolute atomic E-state index is 0.00708. The van der Waals surface area contributed by atoms with Crippen molar-refractivity contribution >= 4 is 29.3 Å². The van der Waals surface area contributed by atoms with Crippen LogP contribution in [0.25, 0.3) is 0 Å². The molecule has 122 valence electrons. The number of carbonyl (C=O) groups excluding carboxylic acids is 2. The van der Waals surface area contributed by atoms with Gasteiger partial charge in [0.05, 0.1) is 6.07 Å². The maximum absolute atomic E-state index is 13.5. The van der Waals surface area contributed by atoms with Gasteiger partial charge in [-0.25, -0.2) is 9.37 Å². The number of anilines is 1. The van der Waals surface area contributed by atoms with E-state index in [4.69, 9.17) is 5.26 Å². The van der Waals surface area contributed by atoms with Gasteiger partial charge in [0.1, 0.15) is 11.6 Å². The van der Waals surface area contributed by atoms with Crippen molar-refractivity contribution in [2.24, 2.45) is 5.92 Å². The zero-order valence-electron chi connectivity index (χ0n) is 12.6. The fourth-order valence-corrected chi connectivity index (χ4v) is 2.78. The van der Waals surface area contributed by atoms with E-state index in [1.165, 1.54) is 24.0 Å². The zero-order chi connectivity index (χ0) is 17.4. The first-order valence-electron chi connectivity index (χ1n) is 7.13. The SMILES string of the molecule is N#C[C@@H](C(=O)CCSc1ccccc1F)C(=O)Nc1ccccn1. The second kappa shape index (κ2) is 8.79. The van der Waals surface area contributed by atoms with Gasteiger partial charge in [0.15, 0.2) is 11.7 Å². The van der Waals surface area contributed by atoms with Crippen LogP contribution in [0.3, 0.4) is 0 Å². The molecule has 1 aromatic carbocycles. The summed E-state index contributed by atoms with van der Waals surface area (Å²) in [6.07, 6.45) is 1.48. The Balaban J connectivity index is 1.88. The Morgan fingerprint density at radius 2 is 2.00 bits per heavy atom. The lowest BCUT2D eigenvalue weighted by Gasteiger charge is -2.09. The van der Waals surface area contributed by atoms with Crippen LogP contribution in [-0.4, -0.2) is 22.4 Å². The summed E-state index contributed by atoms with van der Waals surface area (Å²) in [5.74, 6) is -2.43. The number of carbonyl (C=O) groups is 2. The van der Waals surface area contributed by atoms with Crippen molar-refractivity contribution in [2.75, 3.05) is 11.1 Å². The molecule has 0 unspecified atom stereocenters. The molecule has 7 heteroatoms. The monoisotopic (exact) mass is 343 g/mol. The number of hydrogen-bond donors (Lipinski definition) is 1. The molecular weight excluding hydrogens is 329 g/mol. The van der Waals surface area contributed by atoms with Crippen molar-refractivity contribution in [3.05, 3.63) is 54.5 Å². The molecule has 2 rings (SSSR count). The van der Waals surface area contributed by atoms with Gasteiger partial charge in [0.25, 0.3) is 5.91 Å². The molecule has 24 heavy (non-hydrogen) atoms. The Morgan fingerprint density at radius 1 is 1.25 bits per heavy atom. The summed E-state index contributed by atoms with van der Waals surface area (Å²) < 4.78 is 13.5. The summed E-state index contributed by atoms with van der Waals surface area (Å²) in [6, 6.07) is 12.9. The Labute approximate surface area is 142 Å². The third-order valence-electron chi connectivity index (χ3n) is 3.07. The third kappa shape index (κ3) is 4.89. The van der Waals surface area contributed by atoms with Crippen molar-refractivity contribution < 1.29 is 14.0 Å². The maximum Gasteiger partial charge on any atom is 0.250 e. The number of thioether (sulfide) groups is 1. The fourth-order valence-electron chi connectivity index (χ4n) is 1.88. The van der Waals surface area contributed by atoms with E-state index < -0.39 is 17.6 Å². The number of nitrogens with zero attached hydrogens (tertiary/aromatic N) is 2. The third-order valence-corrected chi connectivity index (χ3v) is 4.12. The summed E-state index contributed by atoms with van der Waals surface area (Å²) in [5, 5.41) is 11.5. The molecule has 1 amide bonds. The van der Waals surface area contributed by atoms with Gasteiger partial charge in [-0.2, -0.15) is 5.26 Å². The highest BCUT2D eigenvalue weighted by Crippen LogP contribution is 2.22. The van der Waals surface area contributed by atoms with Gasteiger partial charge in [0, 0.05) is 23.3 Å². The number of nitriles is 1. The van der Waals surface area contributed by atoms with Crippen LogP contribution in [0.4, 0.5) is 10.2 Å². The van der Waals surface area contributed by atoms with Crippen molar-refractivity contribution in [1.82, 2.24) is 4.98 Å². The van der Waals surface area contributed by atoms with Crippen molar-refractivity contribution in [1.29, 1.82) is 5.26 Å². The predicted octanol–water partition coefficient (Wildman–Crippen LogP) is 3.05. The molecule has 0 radical (unpaired) electrons. The number of benzene rings is 1. The molecule has 1 atom stereocenters. The number of hydrogen-bond acceptors (Lipinski definition) is 5. The standard InChI is InChI=1S/C17H14FN3O2S/c18-13-5-1-2-6-15(13)24-10-8-14(22)12(11-19)17(23)21-16-7-3-4-9-20-16/h1-7,9,12H,8,10H2,(H,20,21,23)/t12-/m0/s1. The quantitative estimate of drug-likeness (QED) is 0.617. The molecular formula is C17H14FN3O2S. The van der Waals surface area contributed by atoms with E-state index >= 15 is 0 Å². The van der Waals surface area contributed by atoms with Crippen LogP contribution >= 0.6 is 11.8 Å². The first-order chi connectivity index (χ1) is 11.6. The maximum atomic E-state index is 13.5. The highest BCUT2D eigenvalue weighted by molar-refractivity contribution is 7.99. The Bertz CT molecular complexity index is 762. The van der Waals surface area contributed by atoms with Crippen LogP contribution in [0.15, 0.2) is 53.6 Å². The number of ketones is 1. The van der Waals surface area contributed by atoms with Crippen LogP contribution in [0.2, 0.25) is 0 Å². The number of amides is 1. The van der Waals surface area contributed by atoms with Crippen LogP contribution in [0, 0.1) is 23.1 Å². The van der Waals surface area contributed by atoms with Gasteiger partial charge in [-0.15, -0.1) is 11.8 Å². The molecule has 0 aliphatic rings. The van der Waals surface area contributed by atoms with E-state index in [0.717, 1.165) is 0 Å². The minimum atomic E-state index is -1.41. The van der Waals surface area contributed by atoms with Crippen LogP contribution < -0.4 is 5.32 Å². The van der Waals surface area contributed by atoms with Crippen molar-refractivity contribution in [3.8, 4) is 6.07 Å². The number of pyridine rings is 1. The van der Waals surface area contributed by atoms with E-state index in [9.17, 15) is 14.0 Å². The Hall–Kier alpha value is -2.72. The van der Waals surface area contributed by atoms with Gasteiger partial charge in [0.2, 0.25) is 0 Å². The highest BCUT2D eigenvalue weighted by atomic mass is 32.2. The summed E-state index contributed by atoms with van der Waals surface area (Å²) in [6.45, 7) is 0. The number of Topliss-reactive ketones (excluding diaryl/α,β-unsaturated/α-hetero) is 1. The average Bonchev–Trinajstić information content (AvgIpc) is 2.58. The molecule has 1 aromatic heterocycles. The second-order valence-electron chi connectivity index (χ2n) is 4.76. The Morgan fingerprint density at radius 3 is 2.67 bits per heavy atom. The minimum Gasteiger partial charge on any atom is -0.309 e. The van der Waals surface area contributed by atoms with Gasteiger partial charge in [-0.1, -0.05) is 18.2 Å². The second-order valence-corrected chi connectivity index (χ2v) is 5.90.